The third-order valence-corrected chi connectivity index (χ3v) is 5.72. The highest BCUT2D eigenvalue weighted by atomic mass is 16.7. The van der Waals surface area contributed by atoms with E-state index in [-0.39, 0.29) is 11.1 Å². The molecular weight excluding hydrogens is 464 g/mol. The molecule has 3 aromatic carbocycles. The lowest BCUT2D eigenvalue weighted by molar-refractivity contribution is -0.283. The fourth-order valence-corrected chi connectivity index (χ4v) is 3.88. The molecule has 1 aliphatic heterocycles. The Hall–Kier alpha value is -4.01. The Labute approximate surface area is 208 Å². The minimum absolute atomic E-state index is 0.284. The minimum atomic E-state index is -1.22. The third-order valence-electron chi connectivity index (χ3n) is 5.72. The first-order valence-electron chi connectivity index (χ1n) is 11.4. The molecule has 0 unspecified atom stereocenters. The van der Waals surface area contributed by atoms with Crippen molar-refractivity contribution in [2.24, 2.45) is 0 Å². The van der Waals surface area contributed by atoms with Crippen LogP contribution in [0.1, 0.15) is 38.0 Å². The smallest absolute Gasteiger partial charge is 0.338 e. The van der Waals surface area contributed by atoms with E-state index in [1.807, 2.05) is 0 Å². The molecule has 8 heteroatoms. The number of methoxy groups -OCH3 is 1. The first kappa shape index (κ1) is 25.1. The van der Waals surface area contributed by atoms with Gasteiger partial charge in [0.15, 0.2) is 24.6 Å². The van der Waals surface area contributed by atoms with E-state index in [0.29, 0.717) is 5.56 Å². The van der Waals surface area contributed by atoms with Gasteiger partial charge in [0, 0.05) is 7.11 Å². The van der Waals surface area contributed by atoms with Gasteiger partial charge < -0.3 is 23.7 Å². The quantitative estimate of drug-likeness (QED) is 0.361. The minimum Gasteiger partial charge on any atom is -0.452 e. The fourth-order valence-electron chi connectivity index (χ4n) is 3.88. The van der Waals surface area contributed by atoms with E-state index in [9.17, 15) is 14.4 Å². The van der Waals surface area contributed by atoms with Crippen molar-refractivity contribution >= 4 is 17.9 Å². The van der Waals surface area contributed by atoms with Crippen LogP contribution in [-0.2, 0) is 23.7 Å². The molecule has 36 heavy (non-hydrogen) atoms. The van der Waals surface area contributed by atoms with Gasteiger partial charge in [-0.2, -0.15) is 0 Å². The first-order valence-corrected chi connectivity index (χ1v) is 11.4. The van der Waals surface area contributed by atoms with Gasteiger partial charge in [0.05, 0.1) is 22.8 Å². The second-order valence-electron chi connectivity index (χ2n) is 8.15. The van der Waals surface area contributed by atoms with Crippen molar-refractivity contribution in [3.63, 3.8) is 0 Å². The predicted molar refractivity (Wildman–Crippen MR) is 128 cm³/mol. The van der Waals surface area contributed by atoms with Crippen LogP contribution in [0, 0.1) is 0 Å². The van der Waals surface area contributed by atoms with Crippen LogP contribution in [0.3, 0.4) is 0 Å². The summed E-state index contributed by atoms with van der Waals surface area (Å²) in [5.74, 6) is -1.98. The molecule has 0 spiro atoms. The van der Waals surface area contributed by atoms with E-state index in [1.54, 1.807) is 97.9 Å². The van der Waals surface area contributed by atoms with Crippen molar-refractivity contribution in [2.45, 2.75) is 37.6 Å². The summed E-state index contributed by atoms with van der Waals surface area (Å²) in [5.41, 5.74) is 0.883. The summed E-state index contributed by atoms with van der Waals surface area (Å²) in [6, 6.07) is 25.1. The van der Waals surface area contributed by atoms with Crippen molar-refractivity contribution in [1.29, 1.82) is 0 Å². The number of hydrogen-bond donors (Lipinski definition) is 0. The molecule has 0 saturated carbocycles. The zero-order valence-corrected chi connectivity index (χ0v) is 19.8. The maximum Gasteiger partial charge on any atom is 0.338 e. The van der Waals surface area contributed by atoms with Crippen molar-refractivity contribution in [1.82, 2.24) is 0 Å². The molecule has 4 rings (SSSR count). The molecule has 0 aromatic heterocycles. The summed E-state index contributed by atoms with van der Waals surface area (Å²) >= 11 is 0. The van der Waals surface area contributed by atoms with Crippen LogP contribution in [0.15, 0.2) is 91.0 Å². The van der Waals surface area contributed by atoms with Gasteiger partial charge in [-0.25, -0.2) is 14.4 Å². The Bertz CT molecular complexity index is 1170. The van der Waals surface area contributed by atoms with Crippen molar-refractivity contribution in [3.05, 3.63) is 108 Å². The van der Waals surface area contributed by atoms with Crippen LogP contribution < -0.4 is 0 Å². The Morgan fingerprint density at radius 2 is 0.944 bits per heavy atom. The number of carbonyl (C=O) groups is 3. The summed E-state index contributed by atoms with van der Waals surface area (Å²) in [4.78, 5) is 38.9. The van der Waals surface area contributed by atoms with Crippen LogP contribution in [0.25, 0.3) is 0 Å². The lowest BCUT2D eigenvalue weighted by Gasteiger charge is -2.43. The van der Waals surface area contributed by atoms with Crippen LogP contribution in [0.4, 0.5) is 0 Å². The van der Waals surface area contributed by atoms with E-state index >= 15 is 0 Å². The number of carbonyl (C=O) groups excluding carboxylic acids is 3. The predicted octanol–water partition coefficient (Wildman–Crippen LogP) is 4.05. The van der Waals surface area contributed by atoms with Crippen LogP contribution >= 0.6 is 0 Å². The highest BCUT2D eigenvalue weighted by molar-refractivity contribution is 5.91. The van der Waals surface area contributed by atoms with Crippen molar-refractivity contribution < 1.29 is 38.1 Å². The zero-order chi connectivity index (χ0) is 25.5. The number of esters is 3. The van der Waals surface area contributed by atoms with E-state index in [1.165, 1.54) is 7.11 Å². The summed E-state index contributed by atoms with van der Waals surface area (Å²) in [6.45, 7) is 1.66. The summed E-state index contributed by atoms with van der Waals surface area (Å²) in [5, 5.41) is 0. The van der Waals surface area contributed by atoms with Gasteiger partial charge in [0.1, 0.15) is 0 Å². The van der Waals surface area contributed by atoms with Crippen molar-refractivity contribution in [2.75, 3.05) is 7.11 Å². The molecule has 0 amide bonds. The Kier molecular flexibility index (Phi) is 8.10. The van der Waals surface area contributed by atoms with Gasteiger partial charge in [-0.15, -0.1) is 0 Å². The summed E-state index contributed by atoms with van der Waals surface area (Å²) in [7, 11) is 1.38. The molecule has 1 fully saturated rings. The standard InChI is InChI=1S/C28H26O8/c1-18-22(34-25(29)19-12-6-3-7-13-19)23(35-26(30)20-14-8-4-9-15-20)24(28(32-2)33-18)36-27(31)21-16-10-5-11-17-21/h3-18,22-24,28H,1-2H3/t18-,22-,23+,24+,28-/m1/s1. The maximum atomic E-state index is 13.0. The molecule has 5 atom stereocenters. The molecule has 8 nitrogen and oxygen atoms in total. The number of hydrogen-bond acceptors (Lipinski definition) is 8. The lowest BCUT2D eigenvalue weighted by atomic mass is 9.98. The molecule has 0 aliphatic carbocycles. The fraction of sp³-hybridized carbons (Fsp3) is 0.250. The van der Waals surface area contributed by atoms with E-state index < -0.39 is 48.6 Å². The summed E-state index contributed by atoms with van der Waals surface area (Å²) < 4.78 is 28.6. The average Bonchev–Trinajstić information content (AvgIpc) is 2.93. The molecule has 0 N–H and O–H groups in total. The SMILES string of the molecule is CO[C@@H]1O[C@H](C)[C@@H](OC(=O)c2ccccc2)[C@H](OC(=O)c2ccccc2)[C@@H]1OC(=O)c1ccccc1. The topological polar surface area (TPSA) is 97.4 Å². The Morgan fingerprint density at radius 1 is 0.583 bits per heavy atom. The number of rotatable bonds is 7. The molecule has 0 radical (unpaired) electrons. The van der Waals surface area contributed by atoms with E-state index in [0.717, 1.165) is 0 Å². The monoisotopic (exact) mass is 490 g/mol. The first-order chi connectivity index (χ1) is 17.5. The van der Waals surface area contributed by atoms with Gasteiger partial charge in [0.2, 0.25) is 0 Å². The highest BCUT2D eigenvalue weighted by Gasteiger charge is 2.51. The van der Waals surface area contributed by atoms with E-state index in [4.69, 9.17) is 23.7 Å². The summed E-state index contributed by atoms with van der Waals surface area (Å²) in [6.07, 6.45) is -5.35. The highest BCUT2D eigenvalue weighted by Crippen LogP contribution is 2.30. The van der Waals surface area contributed by atoms with Gasteiger partial charge in [-0.3, -0.25) is 0 Å². The van der Waals surface area contributed by atoms with Gasteiger partial charge in [0.25, 0.3) is 0 Å². The Balaban J connectivity index is 1.66. The van der Waals surface area contributed by atoms with Crippen LogP contribution in [-0.4, -0.2) is 55.7 Å². The molecule has 1 aliphatic rings. The van der Waals surface area contributed by atoms with Crippen LogP contribution in [0.2, 0.25) is 0 Å². The second kappa shape index (κ2) is 11.6. The van der Waals surface area contributed by atoms with Gasteiger partial charge >= 0.3 is 17.9 Å². The molecule has 1 heterocycles. The largest absolute Gasteiger partial charge is 0.452 e. The van der Waals surface area contributed by atoms with Crippen LogP contribution in [0.5, 0.6) is 0 Å². The lowest BCUT2D eigenvalue weighted by Crippen LogP contribution is -2.61. The molecule has 1 saturated heterocycles. The normalized spacial score (nSPS) is 23.3. The average molecular weight is 491 g/mol. The third kappa shape index (κ3) is 5.79. The zero-order valence-electron chi connectivity index (χ0n) is 19.8. The van der Waals surface area contributed by atoms with Crippen molar-refractivity contribution in [3.8, 4) is 0 Å². The number of ether oxygens (including phenoxy) is 5. The second-order valence-corrected chi connectivity index (χ2v) is 8.15. The molecule has 0 bridgehead atoms. The molecule has 3 aromatic rings. The van der Waals surface area contributed by atoms with Gasteiger partial charge in [-0.05, 0) is 43.3 Å². The molecular formula is C28H26O8. The van der Waals surface area contributed by atoms with Gasteiger partial charge in [-0.1, -0.05) is 54.6 Å². The maximum absolute atomic E-state index is 13.0. The number of benzene rings is 3. The molecule has 186 valence electrons. The van der Waals surface area contributed by atoms with E-state index in [2.05, 4.69) is 0 Å². The Morgan fingerprint density at radius 3 is 1.33 bits per heavy atom.